The molecular weight excluding hydrogens is 384 g/mol. The average Bonchev–Trinajstić information content (AvgIpc) is 3.29. The summed E-state index contributed by atoms with van der Waals surface area (Å²) in [6.45, 7) is 1.58. The fraction of sp³-hybridized carbons (Fsp3) is 0.130. The maximum atomic E-state index is 15.5. The predicted octanol–water partition coefficient (Wildman–Crippen LogP) is 4.95. The zero-order chi connectivity index (χ0) is 20.8. The van der Waals surface area contributed by atoms with Crippen molar-refractivity contribution in [3.05, 3.63) is 96.6 Å². The van der Waals surface area contributed by atoms with Gasteiger partial charge in [-0.3, -0.25) is 4.68 Å². The van der Waals surface area contributed by atoms with E-state index in [9.17, 15) is 4.39 Å². The maximum Gasteiger partial charge on any atom is 0.156 e. The van der Waals surface area contributed by atoms with Crippen LogP contribution in [0.5, 0.6) is 0 Å². The van der Waals surface area contributed by atoms with Crippen molar-refractivity contribution < 1.29 is 8.78 Å². The Morgan fingerprint density at radius 2 is 1.60 bits per heavy atom. The van der Waals surface area contributed by atoms with E-state index < -0.39 is 0 Å². The summed E-state index contributed by atoms with van der Waals surface area (Å²) < 4.78 is 30.3. The Morgan fingerprint density at radius 1 is 0.833 bits per heavy atom. The van der Waals surface area contributed by atoms with Gasteiger partial charge in [0.05, 0.1) is 12.2 Å². The minimum absolute atomic E-state index is 0.294. The van der Waals surface area contributed by atoms with E-state index in [1.165, 1.54) is 18.5 Å². The number of hydrogen-bond acceptors (Lipinski definition) is 4. The average molecular weight is 405 g/mol. The smallest absolute Gasteiger partial charge is 0.156 e. The van der Waals surface area contributed by atoms with E-state index in [4.69, 9.17) is 0 Å². The number of anilines is 2. The highest BCUT2D eigenvalue weighted by Crippen LogP contribution is 2.35. The summed E-state index contributed by atoms with van der Waals surface area (Å²) in [6.07, 6.45) is 3.12. The van der Waals surface area contributed by atoms with Crippen molar-refractivity contribution in [1.82, 2.24) is 14.8 Å². The maximum absolute atomic E-state index is 15.5. The zero-order valence-corrected chi connectivity index (χ0v) is 16.2. The van der Waals surface area contributed by atoms with E-state index >= 15 is 4.39 Å². The van der Waals surface area contributed by atoms with Crippen molar-refractivity contribution >= 4 is 11.4 Å². The highest BCUT2D eigenvalue weighted by atomic mass is 19.1. The highest BCUT2D eigenvalue weighted by Gasteiger charge is 2.15. The monoisotopic (exact) mass is 405 g/mol. The summed E-state index contributed by atoms with van der Waals surface area (Å²) in [5.74, 6) is -0.633. The van der Waals surface area contributed by atoms with Crippen molar-refractivity contribution in [2.75, 3.05) is 17.2 Å². The van der Waals surface area contributed by atoms with Crippen molar-refractivity contribution in [2.24, 2.45) is 0 Å². The molecule has 3 aromatic carbocycles. The number of aromatic nitrogens is 3. The van der Waals surface area contributed by atoms with Crippen LogP contribution in [-0.4, -0.2) is 21.3 Å². The number of benzene rings is 3. The number of hydrogen-bond donors (Lipinski definition) is 2. The van der Waals surface area contributed by atoms with Gasteiger partial charge in [0.25, 0.3) is 0 Å². The molecule has 30 heavy (non-hydrogen) atoms. The van der Waals surface area contributed by atoms with Gasteiger partial charge >= 0.3 is 0 Å². The van der Waals surface area contributed by atoms with Gasteiger partial charge in [-0.2, -0.15) is 5.10 Å². The minimum atomic E-state index is -0.339. The lowest BCUT2D eigenvalue weighted by molar-refractivity contribution is 0.626. The normalized spacial score (nSPS) is 10.7. The quantitative estimate of drug-likeness (QED) is 0.436. The number of nitrogens with one attached hydrogen (secondary N) is 2. The van der Waals surface area contributed by atoms with Crippen LogP contribution < -0.4 is 10.6 Å². The lowest BCUT2D eigenvalue weighted by atomic mass is 10.0. The van der Waals surface area contributed by atoms with Crippen LogP contribution in [0.15, 0.2) is 79.4 Å². The number of halogens is 2. The minimum Gasteiger partial charge on any atom is -0.383 e. The SMILES string of the molecule is Fc1ccc(CNc2ccc(NCCn3cncn3)c(-c3ccccc3)c2F)cc1. The Morgan fingerprint density at radius 3 is 2.33 bits per heavy atom. The van der Waals surface area contributed by atoms with E-state index in [-0.39, 0.29) is 11.6 Å². The molecule has 0 fully saturated rings. The molecule has 5 nitrogen and oxygen atoms in total. The lowest BCUT2D eigenvalue weighted by Crippen LogP contribution is -2.12. The zero-order valence-electron chi connectivity index (χ0n) is 16.2. The first-order valence-corrected chi connectivity index (χ1v) is 9.63. The summed E-state index contributed by atoms with van der Waals surface area (Å²) in [4.78, 5) is 3.92. The van der Waals surface area contributed by atoms with Crippen LogP contribution in [0.2, 0.25) is 0 Å². The molecule has 4 aromatic rings. The van der Waals surface area contributed by atoms with Crippen molar-refractivity contribution in [3.63, 3.8) is 0 Å². The topological polar surface area (TPSA) is 54.8 Å². The molecule has 0 aliphatic heterocycles. The highest BCUT2D eigenvalue weighted by molar-refractivity contribution is 5.82. The van der Waals surface area contributed by atoms with Crippen molar-refractivity contribution in [3.8, 4) is 11.1 Å². The van der Waals surface area contributed by atoms with Crippen LogP contribution in [0.25, 0.3) is 11.1 Å². The van der Waals surface area contributed by atoms with Crippen molar-refractivity contribution in [2.45, 2.75) is 13.1 Å². The van der Waals surface area contributed by atoms with Gasteiger partial charge in [0.2, 0.25) is 0 Å². The molecule has 2 N–H and O–H groups in total. The van der Waals surface area contributed by atoms with Crippen LogP contribution in [-0.2, 0) is 13.1 Å². The Hall–Kier alpha value is -3.74. The molecule has 0 bridgehead atoms. The number of rotatable bonds is 8. The van der Waals surface area contributed by atoms with Crippen LogP contribution >= 0.6 is 0 Å². The molecular formula is C23H21F2N5. The van der Waals surface area contributed by atoms with Gasteiger partial charge in [0.1, 0.15) is 18.5 Å². The van der Waals surface area contributed by atoms with Crippen LogP contribution in [0.1, 0.15) is 5.56 Å². The van der Waals surface area contributed by atoms with Crippen LogP contribution in [0.4, 0.5) is 20.2 Å². The van der Waals surface area contributed by atoms with Crippen LogP contribution in [0, 0.1) is 11.6 Å². The van der Waals surface area contributed by atoms with E-state index in [2.05, 4.69) is 20.7 Å². The Labute approximate surface area is 173 Å². The second-order valence-corrected chi connectivity index (χ2v) is 6.78. The molecule has 4 rings (SSSR count). The second-order valence-electron chi connectivity index (χ2n) is 6.78. The molecule has 0 radical (unpaired) electrons. The fourth-order valence-corrected chi connectivity index (χ4v) is 3.20. The first-order chi connectivity index (χ1) is 14.7. The number of nitrogens with zero attached hydrogens (tertiary/aromatic N) is 3. The van der Waals surface area contributed by atoms with E-state index in [0.29, 0.717) is 36.6 Å². The Bertz CT molecular complexity index is 1080. The third-order valence-electron chi connectivity index (χ3n) is 4.72. The molecule has 1 heterocycles. The molecule has 0 aliphatic rings. The van der Waals surface area contributed by atoms with E-state index in [1.807, 2.05) is 36.4 Å². The van der Waals surface area contributed by atoms with Gasteiger partial charge in [0, 0.05) is 24.3 Å². The van der Waals surface area contributed by atoms with Gasteiger partial charge in [-0.05, 0) is 35.4 Å². The third-order valence-corrected chi connectivity index (χ3v) is 4.72. The standard InChI is InChI=1S/C23H21F2N5/c24-19-8-6-17(7-9-19)14-28-21-11-10-20(27-12-13-30-16-26-15-29-30)22(23(21)25)18-4-2-1-3-5-18/h1-11,15-16,27-28H,12-14H2. The molecule has 0 unspecified atom stereocenters. The summed E-state index contributed by atoms with van der Waals surface area (Å²) in [5, 5.41) is 10.5. The summed E-state index contributed by atoms with van der Waals surface area (Å²) in [7, 11) is 0. The molecule has 0 atom stereocenters. The molecule has 7 heteroatoms. The largest absolute Gasteiger partial charge is 0.383 e. The summed E-state index contributed by atoms with van der Waals surface area (Å²) in [5.41, 5.74) is 3.24. The van der Waals surface area contributed by atoms with Crippen LogP contribution in [0.3, 0.4) is 0 Å². The molecule has 0 amide bonds. The molecule has 0 saturated heterocycles. The van der Waals surface area contributed by atoms with Gasteiger partial charge in [-0.25, -0.2) is 13.8 Å². The first kappa shape index (κ1) is 19.6. The molecule has 0 aliphatic carbocycles. The predicted molar refractivity (Wildman–Crippen MR) is 114 cm³/mol. The van der Waals surface area contributed by atoms with Crippen molar-refractivity contribution in [1.29, 1.82) is 0 Å². The van der Waals surface area contributed by atoms with Gasteiger partial charge < -0.3 is 10.6 Å². The summed E-state index contributed by atoms with van der Waals surface area (Å²) in [6, 6.07) is 19.1. The molecule has 1 aromatic heterocycles. The van der Waals surface area contributed by atoms with Gasteiger partial charge in [0.15, 0.2) is 5.82 Å². The molecule has 0 saturated carbocycles. The van der Waals surface area contributed by atoms with E-state index in [0.717, 1.165) is 11.1 Å². The summed E-state index contributed by atoms with van der Waals surface area (Å²) >= 11 is 0. The molecule has 152 valence electrons. The van der Waals surface area contributed by atoms with Gasteiger partial charge in [-0.1, -0.05) is 42.5 Å². The lowest BCUT2D eigenvalue weighted by Gasteiger charge is -2.17. The Kier molecular flexibility index (Phi) is 5.98. The second kappa shape index (κ2) is 9.17. The first-order valence-electron chi connectivity index (χ1n) is 9.63. The van der Waals surface area contributed by atoms with Gasteiger partial charge in [-0.15, -0.1) is 0 Å². The third kappa shape index (κ3) is 4.63. The molecule has 0 spiro atoms. The Balaban J connectivity index is 1.57. The van der Waals surface area contributed by atoms with E-state index in [1.54, 1.807) is 29.2 Å². The fourth-order valence-electron chi connectivity index (χ4n) is 3.20.